The predicted octanol–water partition coefficient (Wildman–Crippen LogP) is 6.61. The number of ether oxygens (including phenoxy) is 3. The molecule has 0 saturated carbocycles. The minimum absolute atomic E-state index is 0.0471. The first-order chi connectivity index (χ1) is 21.4. The molecule has 0 radical (unpaired) electrons. The molecular formula is C34H40N4O5S. The lowest BCUT2D eigenvalue weighted by atomic mass is 10.1. The highest BCUT2D eigenvalue weighted by Crippen LogP contribution is 2.34. The van der Waals surface area contributed by atoms with Crippen LogP contribution >= 0.6 is 11.3 Å². The number of piperidine rings is 1. The van der Waals surface area contributed by atoms with Gasteiger partial charge in [0.25, 0.3) is 0 Å². The second-order valence-corrected chi connectivity index (χ2v) is 11.5. The van der Waals surface area contributed by atoms with Gasteiger partial charge >= 0.3 is 5.97 Å². The molecule has 1 aliphatic heterocycles. The number of rotatable bonds is 13. The third-order valence-electron chi connectivity index (χ3n) is 7.60. The molecule has 2 heterocycles. The van der Waals surface area contributed by atoms with Crippen LogP contribution in [0.25, 0.3) is 11.6 Å². The molecule has 4 rings (SSSR count). The minimum atomic E-state index is -0.349. The molecule has 10 heteroatoms. The van der Waals surface area contributed by atoms with Gasteiger partial charge in [-0.2, -0.15) is 5.26 Å². The summed E-state index contributed by atoms with van der Waals surface area (Å²) in [6.07, 6.45) is 3.27. The van der Waals surface area contributed by atoms with Crippen molar-refractivity contribution in [1.82, 2.24) is 0 Å². The Labute approximate surface area is 263 Å². The predicted molar refractivity (Wildman–Crippen MR) is 177 cm³/mol. The first-order valence-corrected chi connectivity index (χ1v) is 15.7. The SMILES string of the molecule is CCN(CC)c1ccc(NC(=O)CCC(=O)OC2CCN(c3ccc(C=C(C#N)c4ccc(OC)c(OC)c4)s3)CC2)cc1. The molecule has 0 unspecified atom stereocenters. The van der Waals surface area contributed by atoms with E-state index in [4.69, 9.17) is 14.2 Å². The lowest BCUT2D eigenvalue weighted by molar-refractivity contribution is -0.150. The number of amides is 1. The summed E-state index contributed by atoms with van der Waals surface area (Å²) in [7, 11) is 3.15. The second kappa shape index (κ2) is 15.8. The van der Waals surface area contributed by atoms with Crippen molar-refractivity contribution in [2.45, 2.75) is 45.6 Å². The number of hydrogen-bond acceptors (Lipinski definition) is 9. The number of thiophene rings is 1. The Morgan fingerprint density at radius 3 is 2.34 bits per heavy atom. The first kappa shape index (κ1) is 32.4. The van der Waals surface area contributed by atoms with Gasteiger partial charge in [0.05, 0.1) is 37.3 Å². The number of nitrogens with zero attached hydrogens (tertiary/aromatic N) is 3. The van der Waals surface area contributed by atoms with E-state index >= 15 is 0 Å². The number of hydrogen-bond donors (Lipinski definition) is 1. The monoisotopic (exact) mass is 616 g/mol. The minimum Gasteiger partial charge on any atom is -0.493 e. The number of benzene rings is 2. The summed E-state index contributed by atoms with van der Waals surface area (Å²) in [5.74, 6) is 0.625. The molecule has 1 saturated heterocycles. The highest BCUT2D eigenvalue weighted by Gasteiger charge is 2.23. The van der Waals surface area contributed by atoms with Gasteiger partial charge in [0.2, 0.25) is 5.91 Å². The maximum absolute atomic E-state index is 12.5. The second-order valence-electron chi connectivity index (χ2n) is 10.4. The fraction of sp³-hybridized carbons (Fsp3) is 0.382. The fourth-order valence-corrected chi connectivity index (χ4v) is 6.14. The number of methoxy groups -OCH3 is 2. The van der Waals surface area contributed by atoms with E-state index in [2.05, 4.69) is 41.1 Å². The molecular weight excluding hydrogens is 576 g/mol. The molecule has 0 bridgehead atoms. The van der Waals surface area contributed by atoms with E-state index < -0.39 is 0 Å². The van der Waals surface area contributed by atoms with Crippen molar-refractivity contribution in [3.63, 3.8) is 0 Å². The summed E-state index contributed by atoms with van der Waals surface area (Å²) >= 11 is 1.61. The molecule has 2 aromatic carbocycles. The van der Waals surface area contributed by atoms with Crippen LogP contribution in [0.15, 0.2) is 54.6 Å². The van der Waals surface area contributed by atoms with Crippen LogP contribution in [-0.2, 0) is 14.3 Å². The zero-order chi connectivity index (χ0) is 31.5. The van der Waals surface area contributed by atoms with Gasteiger partial charge in [0, 0.05) is 61.7 Å². The number of carbonyl (C=O) groups excluding carboxylic acids is 2. The van der Waals surface area contributed by atoms with E-state index in [9.17, 15) is 14.9 Å². The third-order valence-corrected chi connectivity index (χ3v) is 8.69. The summed E-state index contributed by atoms with van der Waals surface area (Å²) in [6.45, 7) is 7.57. The zero-order valence-electron chi connectivity index (χ0n) is 25.8. The molecule has 0 aliphatic carbocycles. The molecule has 0 atom stereocenters. The van der Waals surface area contributed by atoms with Crippen LogP contribution < -0.4 is 24.6 Å². The number of carbonyl (C=O) groups is 2. The highest BCUT2D eigenvalue weighted by atomic mass is 32.1. The van der Waals surface area contributed by atoms with Gasteiger partial charge in [-0.3, -0.25) is 9.59 Å². The molecule has 9 nitrogen and oxygen atoms in total. The number of nitrogens with one attached hydrogen (secondary N) is 1. The molecule has 1 aliphatic rings. The lowest BCUT2D eigenvalue weighted by Gasteiger charge is -2.32. The zero-order valence-corrected chi connectivity index (χ0v) is 26.6. The van der Waals surface area contributed by atoms with Crippen LogP contribution in [0.1, 0.15) is 50.0 Å². The van der Waals surface area contributed by atoms with Gasteiger partial charge in [-0.25, -0.2) is 0 Å². The molecule has 232 valence electrons. The molecule has 1 fully saturated rings. The molecule has 44 heavy (non-hydrogen) atoms. The Balaban J connectivity index is 1.22. The Morgan fingerprint density at radius 1 is 1.00 bits per heavy atom. The van der Waals surface area contributed by atoms with Crippen molar-refractivity contribution >= 4 is 51.2 Å². The maximum atomic E-state index is 12.5. The molecule has 1 N–H and O–H groups in total. The standard InChI is InChI=1S/C34H40N4O5S/c1-5-37(6-2)27-10-8-26(9-11-27)36-32(39)14-16-34(40)43-28-17-19-38(20-18-28)33-15-12-29(44-33)21-25(23-35)24-7-13-30(41-3)31(22-24)42-4/h7-13,15,21-22,28H,5-6,14,16-20H2,1-4H3,(H,36,39). The van der Waals surface area contributed by atoms with Crippen LogP contribution in [0, 0.1) is 11.3 Å². The number of nitriles is 1. The van der Waals surface area contributed by atoms with Crippen LogP contribution in [-0.4, -0.2) is 58.4 Å². The highest BCUT2D eigenvalue weighted by molar-refractivity contribution is 7.17. The molecule has 1 amide bonds. The summed E-state index contributed by atoms with van der Waals surface area (Å²) in [5, 5.41) is 13.8. The van der Waals surface area contributed by atoms with E-state index in [1.54, 1.807) is 37.7 Å². The largest absolute Gasteiger partial charge is 0.493 e. The number of allylic oxidation sites excluding steroid dienone is 1. The third kappa shape index (κ3) is 8.54. The van der Waals surface area contributed by atoms with E-state index in [-0.39, 0.29) is 30.8 Å². The van der Waals surface area contributed by atoms with Crippen molar-refractivity contribution < 1.29 is 23.8 Å². The Bertz CT molecular complexity index is 1480. The summed E-state index contributed by atoms with van der Waals surface area (Å²) in [5.41, 5.74) is 3.11. The summed E-state index contributed by atoms with van der Waals surface area (Å²) < 4.78 is 16.4. The van der Waals surface area contributed by atoms with E-state index in [1.165, 1.54) is 0 Å². The Kier molecular flexibility index (Phi) is 11.7. The first-order valence-electron chi connectivity index (χ1n) is 14.9. The summed E-state index contributed by atoms with van der Waals surface area (Å²) in [4.78, 5) is 30.3. The number of esters is 1. The Hall–Kier alpha value is -4.49. The van der Waals surface area contributed by atoms with Gasteiger partial charge in [-0.05, 0) is 80.1 Å². The maximum Gasteiger partial charge on any atom is 0.306 e. The Morgan fingerprint density at radius 2 is 1.70 bits per heavy atom. The van der Waals surface area contributed by atoms with Gasteiger partial charge < -0.3 is 29.3 Å². The average molecular weight is 617 g/mol. The van der Waals surface area contributed by atoms with E-state index in [0.29, 0.717) is 22.8 Å². The summed E-state index contributed by atoms with van der Waals surface area (Å²) in [6, 6.07) is 19.5. The van der Waals surface area contributed by atoms with Gasteiger partial charge in [-0.15, -0.1) is 11.3 Å². The topological polar surface area (TPSA) is 104 Å². The van der Waals surface area contributed by atoms with Crippen molar-refractivity contribution in [3.8, 4) is 17.6 Å². The van der Waals surface area contributed by atoms with Crippen LogP contribution in [0.3, 0.4) is 0 Å². The normalized spacial score (nSPS) is 13.6. The quantitative estimate of drug-likeness (QED) is 0.169. The van der Waals surface area contributed by atoms with Crippen molar-refractivity contribution in [1.29, 1.82) is 5.26 Å². The van der Waals surface area contributed by atoms with Crippen LogP contribution in [0.5, 0.6) is 11.5 Å². The molecule has 1 aromatic heterocycles. The smallest absolute Gasteiger partial charge is 0.306 e. The average Bonchev–Trinajstić information content (AvgIpc) is 3.52. The van der Waals surface area contributed by atoms with E-state index in [0.717, 1.165) is 60.1 Å². The van der Waals surface area contributed by atoms with E-state index in [1.807, 2.05) is 42.5 Å². The molecule has 3 aromatic rings. The molecule has 0 spiro atoms. The van der Waals surface area contributed by atoms with Gasteiger partial charge in [-0.1, -0.05) is 0 Å². The number of anilines is 3. The van der Waals surface area contributed by atoms with Crippen molar-refractivity contribution in [3.05, 3.63) is 65.0 Å². The van der Waals surface area contributed by atoms with Crippen LogP contribution in [0.2, 0.25) is 0 Å². The fourth-order valence-electron chi connectivity index (χ4n) is 5.14. The van der Waals surface area contributed by atoms with Gasteiger partial charge in [0.1, 0.15) is 6.10 Å². The van der Waals surface area contributed by atoms with Gasteiger partial charge in [0.15, 0.2) is 11.5 Å². The van der Waals surface area contributed by atoms with Crippen LogP contribution in [0.4, 0.5) is 16.4 Å². The lowest BCUT2D eigenvalue weighted by Crippen LogP contribution is -2.37. The van der Waals surface area contributed by atoms with Crippen molar-refractivity contribution in [2.75, 3.05) is 55.5 Å². The van der Waals surface area contributed by atoms with Crippen molar-refractivity contribution in [2.24, 2.45) is 0 Å².